The zero-order valence-electron chi connectivity index (χ0n) is 9.43. The molecule has 2 aliphatic heterocycles. The molecule has 5 nitrogen and oxygen atoms in total. The van der Waals surface area contributed by atoms with Crippen molar-refractivity contribution in [2.75, 3.05) is 44.4 Å². The van der Waals surface area contributed by atoms with Crippen LogP contribution >= 0.6 is 0 Å². The number of sulfone groups is 1. The maximum absolute atomic E-state index is 11.2. The molecule has 0 spiro atoms. The van der Waals surface area contributed by atoms with Gasteiger partial charge in [0, 0.05) is 26.1 Å². The van der Waals surface area contributed by atoms with Crippen molar-refractivity contribution in [2.45, 2.75) is 19.1 Å². The Labute approximate surface area is 96.6 Å². The van der Waals surface area contributed by atoms with Gasteiger partial charge in [-0.05, 0) is 6.42 Å². The Morgan fingerprint density at radius 3 is 2.38 bits per heavy atom. The predicted molar refractivity (Wildman–Crippen MR) is 60.0 cm³/mol. The number of ether oxygens (including phenoxy) is 2. The predicted octanol–water partition coefficient (Wildman–Crippen LogP) is -0.130. The molecule has 0 bridgehead atoms. The van der Waals surface area contributed by atoms with Crippen LogP contribution in [0.3, 0.4) is 0 Å². The molecule has 2 rings (SSSR count). The second-order valence-corrected chi connectivity index (χ2v) is 6.61. The lowest BCUT2D eigenvalue weighted by molar-refractivity contribution is -0.182. The summed E-state index contributed by atoms with van der Waals surface area (Å²) in [6, 6.07) is 0. The fraction of sp³-hybridized carbons (Fsp3) is 1.00. The molecule has 2 heterocycles. The molecule has 2 fully saturated rings. The van der Waals surface area contributed by atoms with Gasteiger partial charge in [-0.25, -0.2) is 8.42 Å². The van der Waals surface area contributed by atoms with Crippen LogP contribution < -0.4 is 0 Å². The second kappa shape index (κ2) is 5.44. The summed E-state index contributed by atoms with van der Waals surface area (Å²) in [6.45, 7) is 3.71. The van der Waals surface area contributed by atoms with E-state index in [2.05, 4.69) is 4.90 Å². The number of nitrogens with zero attached hydrogens (tertiary/aromatic N) is 1. The molecular formula is C10H19NO4S. The van der Waals surface area contributed by atoms with E-state index in [4.69, 9.17) is 9.47 Å². The van der Waals surface area contributed by atoms with E-state index < -0.39 is 9.84 Å². The van der Waals surface area contributed by atoms with Crippen LogP contribution in [0.2, 0.25) is 0 Å². The third-order valence-electron chi connectivity index (χ3n) is 3.01. The number of hydrogen-bond donors (Lipinski definition) is 0. The van der Waals surface area contributed by atoms with Crippen LogP contribution in [0, 0.1) is 0 Å². The zero-order valence-corrected chi connectivity index (χ0v) is 10.2. The Kier molecular flexibility index (Phi) is 4.18. The van der Waals surface area contributed by atoms with E-state index in [0.717, 1.165) is 32.6 Å². The Balaban J connectivity index is 1.67. The number of hydrogen-bond acceptors (Lipinski definition) is 5. The molecule has 6 heteroatoms. The zero-order chi connectivity index (χ0) is 11.4. The summed E-state index contributed by atoms with van der Waals surface area (Å²) in [6.07, 6.45) is 1.71. The first-order valence-corrected chi connectivity index (χ1v) is 7.64. The van der Waals surface area contributed by atoms with Crippen LogP contribution in [-0.2, 0) is 19.3 Å². The first-order chi connectivity index (χ1) is 7.66. The molecule has 0 aromatic carbocycles. The van der Waals surface area contributed by atoms with Gasteiger partial charge < -0.3 is 14.4 Å². The van der Waals surface area contributed by atoms with Crippen LogP contribution in [0.5, 0.6) is 0 Å². The van der Waals surface area contributed by atoms with Crippen molar-refractivity contribution in [1.29, 1.82) is 0 Å². The molecule has 16 heavy (non-hydrogen) atoms. The Bertz CT molecular complexity index is 297. The van der Waals surface area contributed by atoms with Gasteiger partial charge in [-0.2, -0.15) is 0 Å². The summed E-state index contributed by atoms with van der Waals surface area (Å²) < 4.78 is 33.3. The van der Waals surface area contributed by atoms with Crippen LogP contribution in [0.25, 0.3) is 0 Å². The third kappa shape index (κ3) is 3.69. The van der Waals surface area contributed by atoms with E-state index in [-0.39, 0.29) is 6.29 Å². The van der Waals surface area contributed by atoms with Gasteiger partial charge in [0.1, 0.15) is 0 Å². The summed E-state index contributed by atoms with van der Waals surface area (Å²) in [5, 5.41) is 0. The van der Waals surface area contributed by atoms with Gasteiger partial charge in [0.2, 0.25) is 0 Å². The fourth-order valence-corrected chi connectivity index (χ4v) is 3.24. The monoisotopic (exact) mass is 249 g/mol. The summed E-state index contributed by atoms with van der Waals surface area (Å²) in [5.41, 5.74) is 0. The van der Waals surface area contributed by atoms with Crippen molar-refractivity contribution >= 4 is 9.84 Å². The minimum Gasteiger partial charge on any atom is -0.353 e. The largest absolute Gasteiger partial charge is 0.353 e. The molecule has 94 valence electrons. The Morgan fingerprint density at radius 2 is 1.75 bits per heavy atom. The summed E-state index contributed by atoms with van der Waals surface area (Å²) in [5.74, 6) is 0.582. The summed E-state index contributed by atoms with van der Waals surface area (Å²) >= 11 is 0. The number of rotatable bonds is 3. The molecule has 0 amide bonds. The van der Waals surface area contributed by atoms with Gasteiger partial charge in [0.25, 0.3) is 0 Å². The summed E-state index contributed by atoms with van der Waals surface area (Å²) in [7, 11) is -2.76. The van der Waals surface area contributed by atoms with Gasteiger partial charge in [-0.15, -0.1) is 0 Å². The highest BCUT2D eigenvalue weighted by Gasteiger charge is 2.22. The van der Waals surface area contributed by atoms with Crippen LogP contribution in [0.1, 0.15) is 12.8 Å². The molecule has 0 aromatic heterocycles. The highest BCUT2D eigenvalue weighted by molar-refractivity contribution is 7.91. The van der Waals surface area contributed by atoms with Crippen molar-refractivity contribution in [3.63, 3.8) is 0 Å². The van der Waals surface area contributed by atoms with E-state index in [9.17, 15) is 8.42 Å². The smallest absolute Gasteiger partial charge is 0.158 e. The quantitative estimate of drug-likeness (QED) is 0.697. The van der Waals surface area contributed by atoms with Crippen molar-refractivity contribution < 1.29 is 17.9 Å². The van der Waals surface area contributed by atoms with E-state index >= 15 is 0 Å². The Morgan fingerprint density at radius 1 is 1.12 bits per heavy atom. The average Bonchev–Trinajstić information content (AvgIpc) is 2.29. The van der Waals surface area contributed by atoms with Crippen molar-refractivity contribution in [3.8, 4) is 0 Å². The lowest BCUT2D eigenvalue weighted by Gasteiger charge is -2.29. The highest BCUT2D eigenvalue weighted by atomic mass is 32.2. The molecular weight excluding hydrogens is 230 g/mol. The lowest BCUT2D eigenvalue weighted by atomic mass is 10.3. The van der Waals surface area contributed by atoms with E-state index in [1.807, 2.05) is 0 Å². The molecule has 2 aliphatic rings. The van der Waals surface area contributed by atoms with Gasteiger partial charge in [-0.1, -0.05) is 0 Å². The van der Waals surface area contributed by atoms with E-state index in [0.29, 0.717) is 24.6 Å². The van der Waals surface area contributed by atoms with Crippen molar-refractivity contribution in [1.82, 2.24) is 4.90 Å². The van der Waals surface area contributed by atoms with Gasteiger partial charge in [0.15, 0.2) is 16.1 Å². The molecule has 0 unspecified atom stereocenters. The minimum absolute atomic E-state index is 0.0905. The normalized spacial score (nSPS) is 28.0. The molecule has 0 aliphatic carbocycles. The Hall–Kier alpha value is -0.170. The second-order valence-electron chi connectivity index (χ2n) is 4.31. The summed E-state index contributed by atoms with van der Waals surface area (Å²) in [4.78, 5) is 2.17. The van der Waals surface area contributed by atoms with Gasteiger partial charge >= 0.3 is 0 Å². The van der Waals surface area contributed by atoms with Gasteiger partial charge in [0.05, 0.1) is 24.7 Å². The molecule has 0 atom stereocenters. The van der Waals surface area contributed by atoms with Crippen molar-refractivity contribution in [2.24, 2.45) is 0 Å². The fourth-order valence-electron chi connectivity index (χ4n) is 1.97. The lowest BCUT2D eigenvalue weighted by Crippen LogP contribution is -2.42. The first kappa shape index (κ1) is 12.3. The van der Waals surface area contributed by atoms with E-state index in [1.165, 1.54) is 0 Å². The SMILES string of the molecule is O=S1(=O)CCN(CCC2OCCCO2)CC1. The molecule has 0 aromatic rings. The van der Waals surface area contributed by atoms with Crippen LogP contribution in [0.15, 0.2) is 0 Å². The molecule has 2 saturated heterocycles. The minimum atomic E-state index is -2.76. The first-order valence-electron chi connectivity index (χ1n) is 5.82. The maximum Gasteiger partial charge on any atom is 0.158 e. The maximum atomic E-state index is 11.2. The highest BCUT2D eigenvalue weighted by Crippen LogP contribution is 2.11. The van der Waals surface area contributed by atoms with Crippen LogP contribution in [-0.4, -0.2) is 64.0 Å². The van der Waals surface area contributed by atoms with Gasteiger partial charge in [-0.3, -0.25) is 0 Å². The average molecular weight is 249 g/mol. The van der Waals surface area contributed by atoms with Crippen LogP contribution in [0.4, 0.5) is 0 Å². The van der Waals surface area contributed by atoms with E-state index in [1.54, 1.807) is 0 Å². The van der Waals surface area contributed by atoms with Crippen molar-refractivity contribution in [3.05, 3.63) is 0 Å². The molecule has 0 N–H and O–H groups in total. The standard InChI is InChI=1S/C10H19NO4S/c12-16(13)8-4-11(5-9-16)3-2-10-14-6-1-7-15-10/h10H,1-9H2. The topological polar surface area (TPSA) is 55.8 Å². The molecule has 0 saturated carbocycles. The molecule has 0 radical (unpaired) electrons. The third-order valence-corrected chi connectivity index (χ3v) is 4.62.